The number of carboxylic acid groups (broad SMARTS) is 10. The third-order valence-electron chi connectivity index (χ3n) is 31.6. The van der Waals surface area contributed by atoms with Crippen molar-refractivity contribution in [2.75, 3.05) is 0 Å². The number of hydrogen-bond donors (Lipinski definition) is 24. The zero-order chi connectivity index (χ0) is 76.9. The fraction of sp³-hybridized carbons (Fsp3) is 0.865. The predicted octanol–water partition coefficient (Wildman–Crippen LogP) is -4.35. The molecule has 0 aromatic heterocycles. The van der Waals surface area contributed by atoms with Gasteiger partial charge in [0.15, 0.2) is 0 Å². The molecule has 8 aliphatic carbocycles. The van der Waals surface area contributed by atoms with Crippen LogP contribution in [0.2, 0.25) is 0 Å². The largest absolute Gasteiger partial charge is 2.00 e. The molecule has 18 fully saturated rings. The molecule has 0 aromatic rings. The molecule has 16 bridgehead atoms. The van der Waals surface area contributed by atoms with Crippen LogP contribution in [0.4, 0.5) is 0 Å². The monoisotopic (exact) mass is 1610 g/mol. The van der Waals surface area contributed by atoms with Gasteiger partial charge in [-0.2, -0.15) is 0 Å². The molecule has 0 radical (unpaired) electrons. The van der Waals surface area contributed by atoms with Gasteiger partial charge in [-0.15, -0.1) is 0 Å². The van der Waals surface area contributed by atoms with Crippen LogP contribution < -0.4 is 95.3 Å². The summed E-state index contributed by atoms with van der Waals surface area (Å²) in [6.07, 6.45) is 13.8. The van der Waals surface area contributed by atoms with Gasteiger partial charge in [0.1, 0.15) is 0 Å². The Morgan fingerprint density at radius 3 is 0.550 bits per heavy atom. The molecular formula is C74H110N16O20Zn. The van der Waals surface area contributed by atoms with Crippen LogP contribution in [0.25, 0.3) is 0 Å². The summed E-state index contributed by atoms with van der Waals surface area (Å²) in [7, 11) is 0. The Kier molecular flexibility index (Phi) is 22.6. The number of fused-ring (bicyclic) bond motifs is 40. The van der Waals surface area contributed by atoms with Crippen LogP contribution in [0.1, 0.15) is 141 Å². The number of hydrogen-bond acceptors (Lipinski definition) is 28. The van der Waals surface area contributed by atoms with Crippen molar-refractivity contribution in [1.29, 1.82) is 0 Å². The van der Waals surface area contributed by atoms with Crippen molar-refractivity contribution in [2.45, 2.75) is 240 Å². The van der Waals surface area contributed by atoms with Crippen LogP contribution in [0.5, 0.6) is 0 Å². The van der Waals surface area contributed by atoms with Crippen LogP contribution in [0, 0.1) is 154 Å². The first-order valence-corrected chi connectivity index (χ1v) is 41.3. The molecule has 36 nitrogen and oxygen atoms in total. The second kappa shape index (κ2) is 31.6. The van der Waals surface area contributed by atoms with Crippen LogP contribution in [-0.4, -0.2) is 199 Å². The van der Waals surface area contributed by atoms with Crippen molar-refractivity contribution in [3.05, 3.63) is 0 Å². The van der Waals surface area contributed by atoms with Gasteiger partial charge < -0.3 is 60.7 Å². The summed E-state index contributed by atoms with van der Waals surface area (Å²) < 4.78 is 0. The van der Waals surface area contributed by atoms with Gasteiger partial charge in [0.2, 0.25) is 0 Å². The number of nitrogens with one attached hydrogen (secondary N) is 16. The third-order valence-corrected chi connectivity index (χ3v) is 31.6. The number of carbonyl (C=O) groups excluding carboxylic acids is 2. The summed E-state index contributed by atoms with van der Waals surface area (Å²) in [5, 5.41) is 170. The molecule has 10 aliphatic heterocycles. The maximum absolute atomic E-state index is 13.2. The van der Waals surface area contributed by atoms with Crippen molar-refractivity contribution in [1.82, 2.24) is 85.1 Å². The van der Waals surface area contributed by atoms with Crippen molar-refractivity contribution in [3.8, 4) is 0 Å². The molecule has 0 spiro atoms. The minimum atomic E-state index is -2.07. The van der Waals surface area contributed by atoms with Gasteiger partial charge in [-0.05, 0) is 136 Å². The van der Waals surface area contributed by atoms with Crippen molar-refractivity contribution in [3.63, 3.8) is 0 Å². The molecular weight excluding hydrogens is 1500 g/mol. The van der Waals surface area contributed by atoms with Crippen molar-refractivity contribution >= 4 is 59.7 Å². The molecule has 42 atom stereocenters. The average molecular weight is 1610 g/mol. The van der Waals surface area contributed by atoms with Gasteiger partial charge >= 0.3 is 67.2 Å². The Bertz CT molecular complexity index is 3380. The van der Waals surface area contributed by atoms with Crippen LogP contribution in [-0.2, 0) is 67.4 Å². The fourth-order valence-electron chi connectivity index (χ4n) is 27.6. The minimum absolute atomic E-state index is 0. The van der Waals surface area contributed by atoms with Crippen molar-refractivity contribution in [2.24, 2.45) is 154 Å². The van der Waals surface area contributed by atoms with E-state index in [0.29, 0.717) is 36.5 Å². The molecule has 24 N–H and O–H groups in total. The maximum Gasteiger partial charge on any atom is 2.00 e. The van der Waals surface area contributed by atoms with Gasteiger partial charge in [-0.25, -0.2) is 0 Å². The zero-order valence-electron chi connectivity index (χ0n) is 62.0. The van der Waals surface area contributed by atoms with E-state index < -0.39 is 191 Å². The van der Waals surface area contributed by atoms with Crippen LogP contribution >= 0.6 is 0 Å². The molecule has 111 heavy (non-hydrogen) atoms. The van der Waals surface area contributed by atoms with Gasteiger partial charge in [0.25, 0.3) is 0 Å². The van der Waals surface area contributed by atoms with E-state index in [9.17, 15) is 99.0 Å². The van der Waals surface area contributed by atoms with E-state index in [4.69, 9.17) is 0 Å². The van der Waals surface area contributed by atoms with Crippen molar-refractivity contribution < 1.29 is 118 Å². The predicted molar refractivity (Wildman–Crippen MR) is 374 cm³/mol. The summed E-state index contributed by atoms with van der Waals surface area (Å²) in [6.45, 7) is 0. The molecule has 18 aliphatic rings. The molecule has 42 unspecified atom stereocenters. The molecule has 0 aromatic carbocycles. The quantitative estimate of drug-likeness (QED) is 0.0919. The fourth-order valence-corrected chi connectivity index (χ4v) is 27.6. The average Bonchev–Trinajstić information content (AvgIpc) is 1.63. The van der Waals surface area contributed by atoms with E-state index in [0.717, 1.165) is 128 Å². The molecule has 608 valence electrons. The Morgan fingerprint density at radius 1 is 0.189 bits per heavy atom. The Morgan fingerprint density at radius 2 is 0.351 bits per heavy atom. The van der Waals surface area contributed by atoms with Gasteiger partial charge in [0.05, 0.1) is 146 Å². The summed E-state index contributed by atoms with van der Waals surface area (Å²) in [6, 6.07) is 0. The third kappa shape index (κ3) is 13.8. The van der Waals surface area contributed by atoms with Gasteiger partial charge in [-0.1, -0.05) is 64.2 Å². The second-order valence-corrected chi connectivity index (χ2v) is 36.2. The van der Waals surface area contributed by atoms with E-state index in [1.54, 1.807) is 0 Å². The second-order valence-electron chi connectivity index (χ2n) is 36.2. The number of rotatable bonds is 10. The maximum atomic E-state index is 13.2. The first-order valence-electron chi connectivity index (χ1n) is 41.3. The SMILES string of the molecule is O=C(O)C1CCCC2C3NC4NC(NC5NC(NC6NC(NC(N3)C12)C1C(C(=O)O)C(C(=O)O)C(C(=O)O)C(C(=O)[O-])C61)C1CCCCC51)C1CCCCC41.O=C(O)C1CCCC2C3NC4NC(NC5NC(NC6NC(NC(N3)C12)C1C(C(=O)O)C(C(=O)O)C(C(=O)O)C(C(=O)[O-])C61)C1CCCCC51)C1CCCCC41.[Zn+2]. The minimum Gasteiger partial charge on any atom is -0.550 e. The summed E-state index contributed by atoms with van der Waals surface area (Å²) in [4.78, 5) is 130. The van der Waals surface area contributed by atoms with E-state index in [1.807, 2.05) is 0 Å². The molecule has 10 heterocycles. The zero-order valence-corrected chi connectivity index (χ0v) is 65.0. The molecule has 8 saturated carbocycles. The summed E-state index contributed by atoms with van der Waals surface area (Å²) >= 11 is 0. The van der Waals surface area contributed by atoms with E-state index in [-0.39, 0.29) is 117 Å². The molecule has 0 amide bonds. The van der Waals surface area contributed by atoms with Gasteiger partial charge in [0, 0.05) is 59.3 Å². The number of carboxylic acids is 10. The smallest absolute Gasteiger partial charge is 0.550 e. The Labute approximate surface area is 654 Å². The Balaban J connectivity index is 0.000000167. The number of aliphatic carboxylic acids is 10. The standard InChI is InChI=1S/2C37H56N8O10.Zn/c2*46-33(47)17-11-5-10-16-18(17)30-43-29(16)41-27-13-7-2-1-6-12(13)25(39-27)38-26-14-8-3-4-9-15(14)28(40-26)42-31-19-20(32(44-30)45-31)22(35(50)51)24(37(54)55)23(36(52)53)21(19)34(48)49;/h2*12-32,38-45H,1-11H2,(H,46,47)(H,48,49)(H,50,51)(H,52,53)(H,54,55);/q;;+2/p-2. The normalized spacial score (nSPS) is 51.1. The topological polar surface area (TPSA) is 571 Å². The van der Waals surface area contributed by atoms with Crippen LogP contribution in [0.15, 0.2) is 0 Å². The molecule has 37 heteroatoms. The summed E-state index contributed by atoms with van der Waals surface area (Å²) in [5.41, 5.74) is 0. The Hall–Kier alpha value is -5.32. The van der Waals surface area contributed by atoms with Gasteiger partial charge in [-0.3, -0.25) is 123 Å². The summed E-state index contributed by atoms with van der Waals surface area (Å²) in [5.74, 6) is -36.0. The molecule has 10 saturated heterocycles. The van der Waals surface area contributed by atoms with E-state index in [1.165, 1.54) is 0 Å². The number of carbonyl (C=O) groups is 10. The molecule has 18 rings (SSSR count). The first-order chi connectivity index (χ1) is 52.8. The van der Waals surface area contributed by atoms with Crippen LogP contribution in [0.3, 0.4) is 0 Å². The first kappa shape index (κ1) is 79.5. The van der Waals surface area contributed by atoms with E-state index in [2.05, 4.69) is 85.1 Å². The van der Waals surface area contributed by atoms with E-state index >= 15 is 0 Å².